The summed E-state index contributed by atoms with van der Waals surface area (Å²) in [4.78, 5) is 11.4. The van der Waals surface area contributed by atoms with Crippen LogP contribution in [0.2, 0.25) is 0 Å². The van der Waals surface area contributed by atoms with Crippen LogP contribution < -0.4 is 5.32 Å². The fourth-order valence-corrected chi connectivity index (χ4v) is 1.56. The number of para-hydroxylation sites is 1. The summed E-state index contributed by atoms with van der Waals surface area (Å²) in [6, 6.07) is 6.92. The topological polar surface area (TPSA) is 29.1 Å². The molecule has 0 saturated heterocycles. The first kappa shape index (κ1) is 12.0. The normalized spacial score (nSPS) is 10.0. The van der Waals surface area contributed by atoms with E-state index in [9.17, 15) is 9.18 Å². The van der Waals surface area contributed by atoms with Crippen molar-refractivity contribution in [1.82, 2.24) is 0 Å². The van der Waals surface area contributed by atoms with E-state index in [-0.39, 0.29) is 5.91 Å². The highest BCUT2D eigenvalue weighted by molar-refractivity contribution is 7.98. The molecule has 2 nitrogen and oxygen atoms in total. The Morgan fingerprint density at radius 2 is 2.20 bits per heavy atom. The fraction of sp³-hybridized carbons (Fsp3) is 0.364. The molecule has 4 heteroatoms. The Morgan fingerprint density at radius 1 is 1.47 bits per heavy atom. The second kappa shape index (κ2) is 6.45. The number of alkyl halides is 1. The minimum atomic E-state index is -0.557. The van der Waals surface area contributed by atoms with Crippen molar-refractivity contribution in [1.29, 1.82) is 0 Å². The predicted molar refractivity (Wildman–Crippen MR) is 62.9 cm³/mol. The predicted octanol–water partition coefficient (Wildman–Crippen LogP) is 2.85. The van der Waals surface area contributed by atoms with E-state index in [0.29, 0.717) is 17.7 Å². The van der Waals surface area contributed by atoms with Crippen molar-refractivity contribution in [2.45, 2.75) is 13.1 Å². The van der Waals surface area contributed by atoms with Crippen LogP contribution in [-0.4, -0.2) is 17.9 Å². The van der Waals surface area contributed by atoms with E-state index in [1.807, 2.05) is 6.26 Å². The Kier molecular flexibility index (Phi) is 5.18. The minimum absolute atomic E-state index is 0.0646. The lowest BCUT2D eigenvalue weighted by Gasteiger charge is -2.07. The van der Waals surface area contributed by atoms with Crippen LogP contribution in [0.3, 0.4) is 0 Å². The van der Waals surface area contributed by atoms with E-state index in [1.165, 1.54) is 0 Å². The van der Waals surface area contributed by atoms with Crippen LogP contribution in [0.15, 0.2) is 24.3 Å². The Morgan fingerprint density at radius 3 is 2.87 bits per heavy atom. The summed E-state index contributed by atoms with van der Waals surface area (Å²) in [6.45, 7) is -0.557. The molecule has 0 aromatic heterocycles. The van der Waals surface area contributed by atoms with Gasteiger partial charge in [-0.15, -0.1) is 0 Å². The summed E-state index contributed by atoms with van der Waals surface area (Å²) < 4.78 is 12.5. The lowest BCUT2D eigenvalue weighted by Crippen LogP contribution is -2.13. The van der Waals surface area contributed by atoms with Crippen LogP contribution in [0.25, 0.3) is 0 Å². The van der Waals surface area contributed by atoms with Crippen molar-refractivity contribution in [3.63, 3.8) is 0 Å². The largest absolute Gasteiger partial charge is 0.326 e. The summed E-state index contributed by atoms with van der Waals surface area (Å²) in [7, 11) is 0. The number of benzene rings is 1. The van der Waals surface area contributed by atoms with Gasteiger partial charge in [0.05, 0.1) is 0 Å². The number of thioether (sulfide) groups is 1. The third-order valence-electron chi connectivity index (χ3n) is 1.97. The molecule has 0 aliphatic heterocycles. The molecule has 0 atom stereocenters. The number of carbonyl (C=O) groups is 1. The van der Waals surface area contributed by atoms with Crippen molar-refractivity contribution in [3.8, 4) is 0 Å². The second-order valence-electron chi connectivity index (χ2n) is 3.08. The molecule has 82 valence electrons. The van der Waals surface area contributed by atoms with Crippen LogP contribution in [0.1, 0.15) is 12.0 Å². The maximum absolute atomic E-state index is 12.5. The molecule has 0 radical (unpaired) electrons. The first-order valence-corrected chi connectivity index (χ1v) is 6.10. The smallest absolute Gasteiger partial charge is 0.225 e. The lowest BCUT2D eigenvalue weighted by molar-refractivity contribution is -0.115. The molecule has 0 bridgehead atoms. The standard InChI is InChI=1S/C11H14FNOS/c1-15-7-6-11(14)13-10-5-3-2-4-9(10)8-12/h2-5H,6-8H2,1H3,(H,13,14). The van der Waals surface area contributed by atoms with Gasteiger partial charge >= 0.3 is 0 Å². The molecular weight excluding hydrogens is 213 g/mol. The fourth-order valence-electron chi connectivity index (χ4n) is 1.17. The third kappa shape index (κ3) is 3.91. The SMILES string of the molecule is CSCCC(=O)Nc1ccccc1CF. The van der Waals surface area contributed by atoms with Gasteiger partial charge in [-0.05, 0) is 12.3 Å². The van der Waals surface area contributed by atoms with Gasteiger partial charge in [-0.25, -0.2) is 4.39 Å². The van der Waals surface area contributed by atoms with Gasteiger partial charge in [0.1, 0.15) is 6.67 Å². The Hall–Kier alpha value is -1.03. The van der Waals surface area contributed by atoms with E-state index < -0.39 is 6.67 Å². The monoisotopic (exact) mass is 227 g/mol. The zero-order valence-electron chi connectivity index (χ0n) is 8.63. The zero-order chi connectivity index (χ0) is 11.1. The van der Waals surface area contributed by atoms with Gasteiger partial charge in [-0.1, -0.05) is 18.2 Å². The first-order chi connectivity index (χ1) is 7.27. The van der Waals surface area contributed by atoms with Gasteiger partial charge in [0.25, 0.3) is 0 Å². The van der Waals surface area contributed by atoms with Crippen molar-refractivity contribution in [3.05, 3.63) is 29.8 Å². The summed E-state index contributed by atoms with van der Waals surface area (Å²) in [5.74, 6) is 0.717. The van der Waals surface area contributed by atoms with Gasteiger partial charge in [0.15, 0.2) is 0 Å². The first-order valence-electron chi connectivity index (χ1n) is 4.70. The van der Waals surface area contributed by atoms with Crippen LogP contribution >= 0.6 is 11.8 Å². The van der Waals surface area contributed by atoms with Gasteiger partial charge in [-0.3, -0.25) is 4.79 Å². The Bertz CT molecular complexity index is 330. The van der Waals surface area contributed by atoms with E-state index in [4.69, 9.17) is 0 Å². The summed E-state index contributed by atoms with van der Waals surface area (Å²) in [5.41, 5.74) is 1.10. The van der Waals surface area contributed by atoms with E-state index >= 15 is 0 Å². The molecule has 0 saturated carbocycles. The molecule has 0 heterocycles. The molecule has 0 unspecified atom stereocenters. The highest BCUT2D eigenvalue weighted by Crippen LogP contribution is 2.16. The quantitative estimate of drug-likeness (QED) is 0.838. The zero-order valence-corrected chi connectivity index (χ0v) is 9.44. The number of amides is 1. The average molecular weight is 227 g/mol. The maximum Gasteiger partial charge on any atom is 0.225 e. The van der Waals surface area contributed by atoms with Gasteiger partial charge in [0.2, 0.25) is 5.91 Å². The van der Waals surface area contributed by atoms with Crippen molar-refractivity contribution >= 4 is 23.4 Å². The average Bonchev–Trinajstić information content (AvgIpc) is 2.27. The molecule has 1 amide bonds. The molecular formula is C11H14FNOS. The van der Waals surface area contributed by atoms with Crippen LogP contribution in [0.5, 0.6) is 0 Å². The van der Waals surface area contributed by atoms with Gasteiger partial charge in [0, 0.05) is 23.4 Å². The van der Waals surface area contributed by atoms with E-state index in [1.54, 1.807) is 36.0 Å². The van der Waals surface area contributed by atoms with Crippen LogP contribution in [-0.2, 0) is 11.5 Å². The number of nitrogens with one attached hydrogen (secondary N) is 1. The summed E-state index contributed by atoms with van der Waals surface area (Å²) >= 11 is 1.62. The molecule has 0 fully saturated rings. The number of anilines is 1. The highest BCUT2D eigenvalue weighted by atomic mass is 32.2. The lowest BCUT2D eigenvalue weighted by atomic mass is 10.2. The molecule has 1 aromatic rings. The summed E-state index contributed by atoms with van der Waals surface area (Å²) in [6.07, 6.45) is 2.41. The third-order valence-corrected chi connectivity index (χ3v) is 2.58. The van der Waals surface area contributed by atoms with E-state index in [2.05, 4.69) is 5.32 Å². The molecule has 0 aliphatic carbocycles. The molecule has 15 heavy (non-hydrogen) atoms. The van der Waals surface area contributed by atoms with Crippen molar-refractivity contribution < 1.29 is 9.18 Å². The van der Waals surface area contributed by atoms with Crippen LogP contribution in [0.4, 0.5) is 10.1 Å². The number of halogens is 1. The Balaban J connectivity index is 2.59. The molecule has 1 aromatic carbocycles. The number of hydrogen-bond donors (Lipinski definition) is 1. The van der Waals surface area contributed by atoms with Crippen molar-refractivity contribution in [2.24, 2.45) is 0 Å². The van der Waals surface area contributed by atoms with Gasteiger partial charge in [-0.2, -0.15) is 11.8 Å². The minimum Gasteiger partial charge on any atom is -0.326 e. The van der Waals surface area contributed by atoms with Crippen molar-refractivity contribution in [2.75, 3.05) is 17.3 Å². The molecule has 1 rings (SSSR count). The summed E-state index contributed by atoms with van der Waals surface area (Å²) in [5, 5.41) is 2.70. The number of carbonyl (C=O) groups excluding carboxylic acids is 1. The van der Waals surface area contributed by atoms with E-state index in [0.717, 1.165) is 5.75 Å². The Labute approximate surface area is 93.3 Å². The number of hydrogen-bond acceptors (Lipinski definition) is 2. The highest BCUT2D eigenvalue weighted by Gasteiger charge is 2.05. The molecule has 1 N–H and O–H groups in total. The van der Waals surface area contributed by atoms with Gasteiger partial charge < -0.3 is 5.32 Å². The molecule has 0 aliphatic rings. The number of rotatable bonds is 5. The molecule has 0 spiro atoms. The second-order valence-corrected chi connectivity index (χ2v) is 4.07. The van der Waals surface area contributed by atoms with Crippen LogP contribution in [0, 0.1) is 0 Å². The maximum atomic E-state index is 12.5.